The molecule has 0 saturated carbocycles. The van der Waals surface area contributed by atoms with Crippen molar-refractivity contribution in [1.82, 2.24) is 4.98 Å². The number of rotatable bonds is 2. The van der Waals surface area contributed by atoms with Gasteiger partial charge in [0, 0.05) is 11.8 Å². The molecule has 2 nitrogen and oxygen atoms in total. The molecule has 0 aromatic carbocycles. The van der Waals surface area contributed by atoms with E-state index in [2.05, 4.69) is 4.98 Å². The fourth-order valence-corrected chi connectivity index (χ4v) is 1.46. The van der Waals surface area contributed by atoms with Gasteiger partial charge in [0.05, 0.1) is 12.5 Å². The predicted octanol–water partition coefficient (Wildman–Crippen LogP) is 3.41. The highest BCUT2D eigenvalue weighted by Crippen LogP contribution is 2.34. The van der Waals surface area contributed by atoms with Crippen LogP contribution < -0.4 is 0 Å². The van der Waals surface area contributed by atoms with E-state index in [1.54, 1.807) is 6.07 Å². The maximum atomic E-state index is 12.5. The van der Waals surface area contributed by atoms with Crippen LogP contribution in [0.5, 0.6) is 0 Å². The molecule has 0 radical (unpaired) electrons. The predicted molar refractivity (Wildman–Crippen MR) is 48.3 cm³/mol. The average molecular weight is 250 g/mol. The molecular weight excluding hydrogens is 243 g/mol. The lowest BCUT2D eigenvalue weighted by Gasteiger charge is -2.14. The first-order valence-electron chi connectivity index (χ1n) is 4.49. The number of hydrogen-bond acceptors (Lipinski definition) is 2. The van der Waals surface area contributed by atoms with Crippen LogP contribution in [0.4, 0.5) is 22.0 Å². The molecule has 1 rings (SSSR count). The molecule has 0 unspecified atom stereocenters. The number of aromatic nitrogens is 1. The topological polar surface area (TPSA) is 36.7 Å². The fourth-order valence-electron chi connectivity index (χ4n) is 1.46. The van der Waals surface area contributed by atoms with Gasteiger partial charge in [0.2, 0.25) is 0 Å². The number of hydrogen-bond donors (Lipinski definition) is 0. The van der Waals surface area contributed by atoms with Gasteiger partial charge in [0.25, 0.3) is 6.43 Å². The van der Waals surface area contributed by atoms with Crippen molar-refractivity contribution in [2.75, 3.05) is 0 Å². The smallest absolute Gasteiger partial charge is 0.251 e. The Hall–Kier alpha value is -1.71. The third-order valence-electron chi connectivity index (χ3n) is 2.25. The van der Waals surface area contributed by atoms with Gasteiger partial charge in [-0.25, -0.2) is 8.78 Å². The quantitative estimate of drug-likeness (QED) is 0.754. The molecule has 1 heterocycles. The molecule has 17 heavy (non-hydrogen) atoms. The molecule has 0 atom stereocenters. The molecule has 0 fully saturated rings. The van der Waals surface area contributed by atoms with Crippen LogP contribution in [0.25, 0.3) is 0 Å². The van der Waals surface area contributed by atoms with Crippen LogP contribution in [0, 0.1) is 18.3 Å². The first kappa shape index (κ1) is 13.4. The zero-order chi connectivity index (χ0) is 13.2. The summed E-state index contributed by atoms with van der Waals surface area (Å²) in [5, 5.41) is 8.45. The molecule has 0 aliphatic rings. The molecule has 7 heteroatoms. The second-order valence-electron chi connectivity index (χ2n) is 3.30. The lowest BCUT2D eigenvalue weighted by atomic mass is 10.00. The third-order valence-corrected chi connectivity index (χ3v) is 2.25. The summed E-state index contributed by atoms with van der Waals surface area (Å²) < 4.78 is 62.5. The Balaban J connectivity index is 3.45. The zero-order valence-electron chi connectivity index (χ0n) is 8.65. The van der Waals surface area contributed by atoms with E-state index >= 15 is 0 Å². The van der Waals surface area contributed by atoms with E-state index in [0.717, 1.165) is 6.92 Å². The molecule has 1 aromatic heterocycles. The summed E-state index contributed by atoms with van der Waals surface area (Å²) in [5.74, 6) is 0. The number of nitrogens with zero attached hydrogens (tertiary/aromatic N) is 2. The van der Waals surface area contributed by atoms with Gasteiger partial charge in [-0.05, 0) is 18.1 Å². The Morgan fingerprint density at radius 3 is 2.41 bits per heavy atom. The molecule has 0 amide bonds. The first-order chi connectivity index (χ1) is 7.79. The van der Waals surface area contributed by atoms with Crippen molar-refractivity contribution in [3.63, 3.8) is 0 Å². The Kier molecular flexibility index (Phi) is 3.66. The van der Waals surface area contributed by atoms with E-state index in [1.165, 1.54) is 0 Å². The number of pyridine rings is 1. The number of alkyl halides is 5. The van der Waals surface area contributed by atoms with Crippen LogP contribution in [-0.2, 0) is 12.6 Å². The summed E-state index contributed by atoms with van der Waals surface area (Å²) in [6.45, 7) is 1.04. The van der Waals surface area contributed by atoms with E-state index in [0.29, 0.717) is 6.20 Å². The molecule has 92 valence electrons. The van der Waals surface area contributed by atoms with Crippen molar-refractivity contribution in [3.05, 3.63) is 28.6 Å². The van der Waals surface area contributed by atoms with Gasteiger partial charge in [0.15, 0.2) is 0 Å². The second kappa shape index (κ2) is 4.65. The van der Waals surface area contributed by atoms with Crippen molar-refractivity contribution < 1.29 is 22.0 Å². The Morgan fingerprint density at radius 2 is 2.00 bits per heavy atom. The van der Waals surface area contributed by atoms with E-state index < -0.39 is 35.8 Å². The molecule has 0 spiro atoms. The van der Waals surface area contributed by atoms with Crippen LogP contribution in [0.2, 0.25) is 0 Å². The highest BCUT2D eigenvalue weighted by molar-refractivity contribution is 5.39. The van der Waals surface area contributed by atoms with E-state index in [1.807, 2.05) is 0 Å². The minimum absolute atomic E-state index is 0.301. The number of nitriles is 1. The lowest BCUT2D eigenvalue weighted by molar-refractivity contribution is -0.141. The summed E-state index contributed by atoms with van der Waals surface area (Å²) in [6.07, 6.45) is -7.69. The third kappa shape index (κ3) is 2.70. The highest BCUT2D eigenvalue weighted by Gasteiger charge is 2.36. The zero-order valence-corrected chi connectivity index (χ0v) is 8.65. The van der Waals surface area contributed by atoms with Gasteiger partial charge in [0.1, 0.15) is 5.69 Å². The summed E-state index contributed by atoms with van der Waals surface area (Å²) in [6, 6.07) is 1.57. The maximum absolute atomic E-state index is 12.5. The van der Waals surface area contributed by atoms with Crippen LogP contribution >= 0.6 is 0 Å². The van der Waals surface area contributed by atoms with Gasteiger partial charge in [-0.1, -0.05) is 0 Å². The Bertz CT molecular complexity index is 459. The molecule has 0 bridgehead atoms. The van der Waals surface area contributed by atoms with Crippen molar-refractivity contribution in [1.29, 1.82) is 5.26 Å². The molecule has 1 aromatic rings. The average Bonchev–Trinajstić information content (AvgIpc) is 2.18. The molecule has 0 aliphatic carbocycles. The minimum Gasteiger partial charge on any atom is -0.251 e. The van der Waals surface area contributed by atoms with Gasteiger partial charge < -0.3 is 0 Å². The van der Waals surface area contributed by atoms with Gasteiger partial charge in [-0.2, -0.15) is 18.4 Å². The normalized spacial score (nSPS) is 11.6. The van der Waals surface area contributed by atoms with Crippen molar-refractivity contribution in [2.45, 2.75) is 25.9 Å². The monoisotopic (exact) mass is 250 g/mol. The van der Waals surface area contributed by atoms with Gasteiger partial charge in [-0.15, -0.1) is 0 Å². The largest absolute Gasteiger partial charge is 0.433 e. The van der Waals surface area contributed by atoms with E-state index in [-0.39, 0.29) is 5.56 Å². The standard InChI is InChI=1S/C10H7F5N2/c1-5-6(2-3-16)7(9(11)12)4-17-8(5)10(13,14)15/h4,9H,2H2,1H3. The first-order valence-corrected chi connectivity index (χ1v) is 4.49. The summed E-state index contributed by atoms with van der Waals surface area (Å²) in [4.78, 5) is 3.00. The van der Waals surface area contributed by atoms with Crippen LogP contribution in [0.15, 0.2) is 6.20 Å². The fraction of sp³-hybridized carbons (Fsp3) is 0.400. The van der Waals surface area contributed by atoms with Gasteiger partial charge >= 0.3 is 6.18 Å². The van der Waals surface area contributed by atoms with E-state index in [9.17, 15) is 22.0 Å². The summed E-state index contributed by atoms with van der Waals surface area (Å²) in [7, 11) is 0. The van der Waals surface area contributed by atoms with Crippen LogP contribution in [0.1, 0.15) is 28.8 Å². The summed E-state index contributed by atoms with van der Waals surface area (Å²) in [5.41, 5.74) is -2.58. The highest BCUT2D eigenvalue weighted by atomic mass is 19.4. The van der Waals surface area contributed by atoms with E-state index in [4.69, 9.17) is 5.26 Å². The maximum Gasteiger partial charge on any atom is 0.433 e. The Labute approximate surface area is 93.7 Å². The Morgan fingerprint density at radius 1 is 1.41 bits per heavy atom. The molecule has 0 N–H and O–H groups in total. The van der Waals surface area contributed by atoms with Crippen LogP contribution in [-0.4, -0.2) is 4.98 Å². The van der Waals surface area contributed by atoms with Crippen molar-refractivity contribution in [2.24, 2.45) is 0 Å². The van der Waals surface area contributed by atoms with Gasteiger partial charge in [-0.3, -0.25) is 4.98 Å². The van der Waals surface area contributed by atoms with Crippen molar-refractivity contribution in [3.8, 4) is 6.07 Å². The summed E-state index contributed by atoms with van der Waals surface area (Å²) >= 11 is 0. The van der Waals surface area contributed by atoms with Crippen LogP contribution in [0.3, 0.4) is 0 Å². The number of halogens is 5. The molecule has 0 aliphatic heterocycles. The SMILES string of the molecule is Cc1c(C(F)(F)F)ncc(C(F)F)c1CC#N. The second-order valence-corrected chi connectivity index (χ2v) is 3.30. The van der Waals surface area contributed by atoms with Crippen molar-refractivity contribution >= 4 is 0 Å². The molecule has 0 saturated heterocycles. The molecular formula is C10H7F5N2. The minimum atomic E-state index is -4.71. The lowest BCUT2D eigenvalue weighted by Crippen LogP contribution is -2.14.